The Morgan fingerprint density at radius 2 is 1.40 bits per heavy atom. The average Bonchev–Trinajstić information content (AvgIpc) is 2.91. The van der Waals surface area contributed by atoms with Crippen molar-refractivity contribution in [3.63, 3.8) is 0 Å². The van der Waals surface area contributed by atoms with Crippen LogP contribution in [0.15, 0.2) is 0 Å². The molecule has 2 aliphatic heterocycles. The predicted octanol–water partition coefficient (Wildman–Crippen LogP) is -5.69. The van der Waals surface area contributed by atoms with Gasteiger partial charge in [0.25, 0.3) is 0 Å². The number of aliphatic hydroxyl groups is 9. The number of hydrogen-bond donors (Lipinski definition) is 9. The summed E-state index contributed by atoms with van der Waals surface area (Å²) in [6, 6.07) is 0. The Balaban J connectivity index is 2.20. The van der Waals surface area contributed by atoms with Crippen LogP contribution in [0.5, 0.6) is 0 Å². The molecule has 17 nitrogen and oxygen atoms in total. The molecule has 0 aromatic heterocycles. The van der Waals surface area contributed by atoms with Gasteiger partial charge in [0.05, 0.1) is 92.1 Å². The van der Waals surface area contributed by atoms with Crippen molar-refractivity contribution >= 4 is 0 Å². The molecule has 0 bridgehead atoms. The zero-order valence-corrected chi connectivity index (χ0v) is 24.3. The molecule has 2 saturated heterocycles. The molecule has 9 N–H and O–H groups in total. The topological polar surface area (TPSA) is 247 Å². The Kier molecular flexibility index (Phi) is 16.4. The van der Waals surface area contributed by atoms with E-state index in [2.05, 4.69) is 0 Å². The third kappa shape index (κ3) is 11.0. The van der Waals surface area contributed by atoms with Gasteiger partial charge in [0.2, 0.25) is 0 Å². The van der Waals surface area contributed by atoms with E-state index in [1.165, 1.54) is 0 Å². The van der Waals surface area contributed by atoms with Crippen LogP contribution in [0, 0.1) is 5.92 Å². The standard InChI is InChI=1S/C25H50NO16/c1-26(2,3)8-14(31)10-36-11-15(32)18-19(33)21(17(12-37-13-30)40-24(18)35)42-25-20(34)23(39-7-5-28)22(38-6-4-27)16(9-29)41-25/h14-25,27-35H,4-13H2,1-3H3/q+1/t14?,15?,16-,17-,18-,19+,20-,21-,22-,23-,24-,25?/m1/s1. The second-order valence-electron chi connectivity index (χ2n) is 11.3. The van der Waals surface area contributed by atoms with Gasteiger partial charge in [0, 0.05) is 0 Å². The highest BCUT2D eigenvalue weighted by atomic mass is 16.7. The maximum atomic E-state index is 11.3. The number of likely N-dealkylation sites (N-methyl/N-ethyl adjacent to an activating group) is 1. The summed E-state index contributed by atoms with van der Waals surface area (Å²) in [6.07, 6.45) is -14.9. The van der Waals surface area contributed by atoms with E-state index < -0.39 is 93.4 Å². The van der Waals surface area contributed by atoms with E-state index in [4.69, 9.17) is 43.4 Å². The first kappa shape index (κ1) is 37.5. The highest BCUT2D eigenvalue weighted by molar-refractivity contribution is 4.96. The van der Waals surface area contributed by atoms with Gasteiger partial charge in [0.1, 0.15) is 56.1 Å². The van der Waals surface area contributed by atoms with Gasteiger partial charge in [-0.05, 0) is 0 Å². The van der Waals surface area contributed by atoms with Gasteiger partial charge in [-0.1, -0.05) is 0 Å². The first-order chi connectivity index (χ1) is 19.9. The molecule has 0 radical (unpaired) electrons. The summed E-state index contributed by atoms with van der Waals surface area (Å²) in [5.41, 5.74) is 0. The van der Waals surface area contributed by atoms with Crippen molar-refractivity contribution < 1.29 is 83.6 Å². The molecule has 2 rings (SSSR count). The summed E-state index contributed by atoms with van der Waals surface area (Å²) in [5.74, 6) is -1.38. The van der Waals surface area contributed by atoms with Crippen molar-refractivity contribution in [1.29, 1.82) is 0 Å². The molecule has 0 spiro atoms. The smallest absolute Gasteiger partial charge is 0.187 e. The maximum Gasteiger partial charge on any atom is 0.187 e. The fraction of sp³-hybridized carbons (Fsp3) is 1.00. The SMILES string of the molecule is C[N+](C)(C)CC(O)COCC(O)[C@@H]1[C@H](O)[C@H](OC2O[C@H](CO)[C@@H](OCCO)[C@H](OCCO)[C@H]2O)[C@@H](COCO)O[C@H]1O. The van der Waals surface area contributed by atoms with Crippen molar-refractivity contribution in [1.82, 2.24) is 0 Å². The van der Waals surface area contributed by atoms with Crippen LogP contribution in [-0.4, -0.2) is 205 Å². The minimum absolute atomic E-state index is 0.112. The third-order valence-corrected chi connectivity index (χ3v) is 6.80. The zero-order chi connectivity index (χ0) is 31.4. The predicted molar refractivity (Wildman–Crippen MR) is 139 cm³/mol. The van der Waals surface area contributed by atoms with Crippen molar-refractivity contribution in [2.24, 2.45) is 5.92 Å². The summed E-state index contributed by atoms with van der Waals surface area (Å²) < 4.78 is 39.1. The lowest BCUT2D eigenvalue weighted by Crippen LogP contribution is -2.65. The van der Waals surface area contributed by atoms with E-state index in [9.17, 15) is 35.7 Å². The quantitative estimate of drug-likeness (QED) is 0.0482. The number of hydrogen-bond acceptors (Lipinski definition) is 16. The van der Waals surface area contributed by atoms with E-state index in [-0.39, 0.29) is 39.6 Å². The molecule has 0 aromatic carbocycles. The number of nitrogens with zero attached hydrogens (tertiary/aromatic N) is 1. The Labute approximate surface area is 244 Å². The summed E-state index contributed by atoms with van der Waals surface area (Å²) in [5, 5.41) is 91.4. The molecule has 0 aliphatic carbocycles. The maximum absolute atomic E-state index is 11.3. The fourth-order valence-electron chi connectivity index (χ4n) is 5.04. The molecule has 2 aliphatic rings. The van der Waals surface area contributed by atoms with Crippen LogP contribution in [0.25, 0.3) is 0 Å². The number of ether oxygens (including phenoxy) is 7. The van der Waals surface area contributed by atoms with Gasteiger partial charge in [-0.15, -0.1) is 0 Å². The zero-order valence-electron chi connectivity index (χ0n) is 24.3. The largest absolute Gasteiger partial charge is 0.394 e. The lowest BCUT2D eigenvalue weighted by molar-refractivity contribution is -0.873. The fourth-order valence-corrected chi connectivity index (χ4v) is 5.04. The van der Waals surface area contributed by atoms with Crippen molar-refractivity contribution in [3.8, 4) is 0 Å². The molecule has 0 saturated carbocycles. The van der Waals surface area contributed by atoms with Crippen molar-refractivity contribution in [2.75, 3.05) is 87.3 Å². The van der Waals surface area contributed by atoms with Crippen molar-refractivity contribution in [2.45, 2.75) is 67.5 Å². The number of rotatable bonds is 19. The molecule has 250 valence electrons. The Morgan fingerprint density at radius 3 is 1.98 bits per heavy atom. The van der Waals surface area contributed by atoms with Crippen LogP contribution < -0.4 is 0 Å². The van der Waals surface area contributed by atoms with Gasteiger partial charge in [-0.3, -0.25) is 0 Å². The Morgan fingerprint density at radius 1 is 0.762 bits per heavy atom. The summed E-state index contributed by atoms with van der Waals surface area (Å²) in [7, 11) is 5.67. The average molecular weight is 621 g/mol. The Hall–Kier alpha value is -0.680. The third-order valence-electron chi connectivity index (χ3n) is 6.80. The molecule has 42 heavy (non-hydrogen) atoms. The summed E-state index contributed by atoms with van der Waals surface area (Å²) in [4.78, 5) is 0. The van der Waals surface area contributed by atoms with E-state index in [1.807, 2.05) is 21.1 Å². The van der Waals surface area contributed by atoms with E-state index in [1.54, 1.807) is 0 Å². The minimum Gasteiger partial charge on any atom is -0.394 e. The molecule has 0 aromatic rings. The van der Waals surface area contributed by atoms with Gasteiger partial charge < -0.3 is 83.6 Å². The first-order valence-corrected chi connectivity index (χ1v) is 13.9. The van der Waals surface area contributed by atoms with E-state index >= 15 is 0 Å². The second-order valence-corrected chi connectivity index (χ2v) is 11.3. The highest BCUT2D eigenvalue weighted by Gasteiger charge is 2.53. The van der Waals surface area contributed by atoms with E-state index in [0.29, 0.717) is 11.0 Å². The normalized spacial score (nSPS) is 35.7. The number of aliphatic hydroxyl groups excluding tert-OH is 9. The molecular weight excluding hydrogens is 570 g/mol. The molecule has 2 heterocycles. The summed E-state index contributed by atoms with van der Waals surface area (Å²) in [6.45, 7) is -2.94. The monoisotopic (exact) mass is 620 g/mol. The first-order valence-electron chi connectivity index (χ1n) is 13.9. The lowest BCUT2D eigenvalue weighted by Gasteiger charge is -2.48. The molecule has 2 fully saturated rings. The minimum atomic E-state index is -1.72. The van der Waals surface area contributed by atoms with Gasteiger partial charge in [0.15, 0.2) is 12.6 Å². The highest BCUT2D eigenvalue weighted by Crippen LogP contribution is 2.34. The molecule has 0 amide bonds. The van der Waals surface area contributed by atoms with Crippen LogP contribution in [0.2, 0.25) is 0 Å². The summed E-state index contributed by atoms with van der Waals surface area (Å²) >= 11 is 0. The van der Waals surface area contributed by atoms with Crippen LogP contribution in [0.4, 0.5) is 0 Å². The van der Waals surface area contributed by atoms with E-state index in [0.717, 1.165) is 0 Å². The van der Waals surface area contributed by atoms with Gasteiger partial charge >= 0.3 is 0 Å². The molecule has 17 heteroatoms. The molecule has 3 unspecified atom stereocenters. The Bertz CT molecular complexity index is 731. The van der Waals surface area contributed by atoms with Crippen LogP contribution in [0.3, 0.4) is 0 Å². The molecule has 12 atom stereocenters. The lowest BCUT2D eigenvalue weighted by atomic mass is 9.86. The van der Waals surface area contributed by atoms with Gasteiger partial charge in [-0.2, -0.15) is 0 Å². The number of quaternary nitrogens is 1. The van der Waals surface area contributed by atoms with Crippen LogP contribution in [0.1, 0.15) is 0 Å². The van der Waals surface area contributed by atoms with Crippen LogP contribution in [-0.2, 0) is 33.2 Å². The molecular formula is C25H50NO16+. The van der Waals surface area contributed by atoms with Crippen LogP contribution >= 0.6 is 0 Å². The van der Waals surface area contributed by atoms with Gasteiger partial charge in [-0.25, -0.2) is 0 Å². The van der Waals surface area contributed by atoms with Crippen molar-refractivity contribution in [3.05, 3.63) is 0 Å². The second kappa shape index (κ2) is 18.3.